The lowest BCUT2D eigenvalue weighted by molar-refractivity contribution is -0.389. The molecule has 16 heavy (non-hydrogen) atoms. The van der Waals surface area contributed by atoms with Crippen molar-refractivity contribution in [1.29, 1.82) is 0 Å². The molecule has 0 fully saturated rings. The Bertz CT molecular complexity index is 504. The van der Waals surface area contributed by atoms with Gasteiger partial charge in [-0.1, -0.05) is 12.1 Å². The largest absolute Gasteiger partial charge is 0.392 e. The van der Waals surface area contributed by atoms with Crippen molar-refractivity contribution in [2.75, 3.05) is 0 Å². The Balaban J connectivity index is 2.31. The summed E-state index contributed by atoms with van der Waals surface area (Å²) in [5.74, 6) is -0.189. The molecule has 2 aromatic rings. The molecule has 2 rings (SSSR count). The quantitative estimate of drug-likeness (QED) is 0.622. The second-order valence-electron chi connectivity index (χ2n) is 3.20. The van der Waals surface area contributed by atoms with Crippen LogP contribution in [0.3, 0.4) is 0 Å². The summed E-state index contributed by atoms with van der Waals surface area (Å²) in [6, 6.07) is 8.29. The molecular weight excluding hydrogens is 210 g/mol. The zero-order chi connectivity index (χ0) is 11.5. The first-order valence-corrected chi connectivity index (χ1v) is 4.61. The summed E-state index contributed by atoms with van der Waals surface area (Å²) in [6.45, 7) is -0.0282. The maximum atomic E-state index is 10.4. The third kappa shape index (κ3) is 1.91. The van der Waals surface area contributed by atoms with Gasteiger partial charge >= 0.3 is 5.82 Å². The highest BCUT2D eigenvalue weighted by Gasteiger charge is 2.11. The van der Waals surface area contributed by atoms with E-state index < -0.39 is 4.92 Å². The molecule has 0 spiro atoms. The van der Waals surface area contributed by atoms with Crippen LogP contribution in [0.5, 0.6) is 0 Å². The molecule has 0 saturated carbocycles. The molecule has 0 saturated heterocycles. The van der Waals surface area contributed by atoms with Gasteiger partial charge in [0.1, 0.15) is 0 Å². The van der Waals surface area contributed by atoms with E-state index in [0.29, 0.717) is 5.69 Å². The van der Waals surface area contributed by atoms with Crippen molar-refractivity contribution in [1.82, 2.24) is 9.78 Å². The van der Waals surface area contributed by atoms with Gasteiger partial charge in [0.15, 0.2) is 0 Å². The SMILES string of the molecule is O=[N+]([O-])c1ccn(-c2ccc(CO)cc2)n1. The molecule has 0 amide bonds. The van der Waals surface area contributed by atoms with Crippen LogP contribution < -0.4 is 0 Å². The van der Waals surface area contributed by atoms with Gasteiger partial charge < -0.3 is 15.2 Å². The van der Waals surface area contributed by atoms with Crippen molar-refractivity contribution in [2.24, 2.45) is 0 Å². The zero-order valence-electron chi connectivity index (χ0n) is 8.28. The van der Waals surface area contributed by atoms with Crippen LogP contribution in [-0.2, 0) is 6.61 Å². The Kier molecular flexibility index (Phi) is 2.65. The van der Waals surface area contributed by atoms with Crippen LogP contribution in [-0.4, -0.2) is 19.8 Å². The smallest absolute Gasteiger partial charge is 0.390 e. The van der Waals surface area contributed by atoms with E-state index in [0.717, 1.165) is 5.56 Å². The Morgan fingerprint density at radius 1 is 1.31 bits per heavy atom. The zero-order valence-corrected chi connectivity index (χ0v) is 8.28. The first-order valence-electron chi connectivity index (χ1n) is 4.61. The van der Waals surface area contributed by atoms with E-state index in [2.05, 4.69) is 5.10 Å². The lowest BCUT2D eigenvalue weighted by Crippen LogP contribution is -1.96. The summed E-state index contributed by atoms with van der Waals surface area (Å²) < 4.78 is 1.42. The van der Waals surface area contributed by atoms with Gasteiger partial charge in [-0.15, -0.1) is 4.68 Å². The predicted octanol–water partition coefficient (Wildman–Crippen LogP) is 1.27. The number of nitrogens with zero attached hydrogens (tertiary/aromatic N) is 3. The van der Waals surface area contributed by atoms with Crippen molar-refractivity contribution in [3.63, 3.8) is 0 Å². The minimum atomic E-state index is -0.543. The maximum Gasteiger partial charge on any atom is 0.390 e. The van der Waals surface area contributed by atoms with Crippen molar-refractivity contribution in [2.45, 2.75) is 6.61 Å². The molecule has 0 aliphatic carbocycles. The highest BCUT2D eigenvalue weighted by atomic mass is 16.6. The summed E-state index contributed by atoms with van der Waals surface area (Å²) in [4.78, 5) is 9.90. The number of nitro groups is 1. The van der Waals surface area contributed by atoms with Gasteiger partial charge in [0.25, 0.3) is 0 Å². The van der Waals surface area contributed by atoms with Crippen molar-refractivity contribution >= 4 is 5.82 Å². The molecule has 0 unspecified atom stereocenters. The van der Waals surface area contributed by atoms with E-state index in [4.69, 9.17) is 5.11 Å². The number of benzene rings is 1. The molecule has 0 bridgehead atoms. The van der Waals surface area contributed by atoms with Crippen LogP contribution in [0.15, 0.2) is 36.5 Å². The Labute approximate surface area is 90.9 Å². The molecule has 1 N–H and O–H groups in total. The fraction of sp³-hybridized carbons (Fsp3) is 0.100. The average Bonchev–Trinajstić information content (AvgIpc) is 2.78. The van der Waals surface area contributed by atoms with Crippen LogP contribution >= 0.6 is 0 Å². The van der Waals surface area contributed by atoms with E-state index in [1.165, 1.54) is 16.9 Å². The van der Waals surface area contributed by atoms with Crippen LogP contribution in [0.4, 0.5) is 5.82 Å². The second-order valence-corrected chi connectivity index (χ2v) is 3.20. The molecule has 0 atom stereocenters. The first-order chi connectivity index (χ1) is 7.70. The van der Waals surface area contributed by atoms with E-state index in [1.807, 2.05) is 0 Å². The van der Waals surface area contributed by atoms with Gasteiger partial charge in [-0.25, -0.2) is 0 Å². The predicted molar refractivity (Wildman–Crippen MR) is 56.1 cm³/mol. The summed E-state index contributed by atoms with van der Waals surface area (Å²) in [5, 5.41) is 23.1. The fourth-order valence-corrected chi connectivity index (χ4v) is 1.31. The molecule has 1 heterocycles. The first kappa shape index (κ1) is 10.3. The van der Waals surface area contributed by atoms with Gasteiger partial charge in [-0.2, -0.15) is 0 Å². The van der Waals surface area contributed by atoms with Crippen LogP contribution in [0.1, 0.15) is 5.56 Å². The van der Waals surface area contributed by atoms with E-state index >= 15 is 0 Å². The number of hydrogen-bond acceptors (Lipinski definition) is 4. The molecule has 0 aliphatic rings. The average molecular weight is 219 g/mol. The lowest BCUT2D eigenvalue weighted by Gasteiger charge is -1.98. The third-order valence-corrected chi connectivity index (χ3v) is 2.15. The molecule has 1 aromatic carbocycles. The van der Waals surface area contributed by atoms with Crippen molar-refractivity contribution in [3.8, 4) is 5.69 Å². The van der Waals surface area contributed by atoms with Crippen molar-refractivity contribution < 1.29 is 10.0 Å². The highest BCUT2D eigenvalue weighted by molar-refractivity contribution is 5.35. The molecule has 6 heteroatoms. The monoisotopic (exact) mass is 219 g/mol. The highest BCUT2D eigenvalue weighted by Crippen LogP contribution is 2.12. The van der Waals surface area contributed by atoms with Gasteiger partial charge in [0.2, 0.25) is 0 Å². The van der Waals surface area contributed by atoms with Gasteiger partial charge in [0, 0.05) is 0 Å². The number of rotatable bonds is 3. The molecule has 6 nitrogen and oxygen atoms in total. The number of aromatic nitrogens is 2. The molecular formula is C10H9N3O3. The lowest BCUT2D eigenvalue weighted by atomic mass is 10.2. The summed E-state index contributed by atoms with van der Waals surface area (Å²) in [6.07, 6.45) is 1.52. The molecule has 0 aliphatic heterocycles. The topological polar surface area (TPSA) is 81.2 Å². The summed E-state index contributed by atoms with van der Waals surface area (Å²) in [7, 11) is 0. The van der Waals surface area contributed by atoms with Crippen LogP contribution in [0, 0.1) is 10.1 Å². The standard InChI is InChI=1S/C10H9N3O3/c14-7-8-1-3-9(4-2-8)12-6-5-10(11-12)13(15)16/h1-6,14H,7H2. The van der Waals surface area contributed by atoms with Crippen molar-refractivity contribution in [3.05, 3.63) is 52.2 Å². The summed E-state index contributed by atoms with van der Waals surface area (Å²) in [5.41, 5.74) is 1.50. The Hall–Kier alpha value is -2.21. The van der Waals surface area contributed by atoms with E-state index in [9.17, 15) is 10.1 Å². The van der Waals surface area contributed by atoms with Gasteiger partial charge in [-0.05, 0) is 22.6 Å². The normalized spacial score (nSPS) is 10.3. The number of hydrogen-bond donors (Lipinski definition) is 1. The van der Waals surface area contributed by atoms with E-state index in [-0.39, 0.29) is 12.4 Å². The van der Waals surface area contributed by atoms with Gasteiger partial charge in [0.05, 0.1) is 29.7 Å². The maximum absolute atomic E-state index is 10.4. The molecule has 82 valence electrons. The number of aliphatic hydroxyl groups excluding tert-OH is 1. The summed E-state index contributed by atoms with van der Waals surface area (Å²) >= 11 is 0. The molecule has 1 aromatic heterocycles. The van der Waals surface area contributed by atoms with Gasteiger partial charge in [-0.3, -0.25) is 0 Å². The van der Waals surface area contributed by atoms with Crippen LogP contribution in [0.25, 0.3) is 5.69 Å². The third-order valence-electron chi connectivity index (χ3n) is 2.15. The van der Waals surface area contributed by atoms with Crippen LogP contribution in [0.2, 0.25) is 0 Å². The second kappa shape index (κ2) is 4.11. The minimum absolute atomic E-state index is 0.0282. The molecule has 0 radical (unpaired) electrons. The minimum Gasteiger partial charge on any atom is -0.392 e. The number of aliphatic hydroxyl groups is 1. The Morgan fingerprint density at radius 3 is 2.50 bits per heavy atom. The Morgan fingerprint density at radius 2 is 2.00 bits per heavy atom. The van der Waals surface area contributed by atoms with E-state index in [1.54, 1.807) is 24.3 Å². The fourth-order valence-electron chi connectivity index (χ4n) is 1.31.